The van der Waals surface area contributed by atoms with Gasteiger partial charge in [0.05, 0.1) is 6.54 Å². The summed E-state index contributed by atoms with van der Waals surface area (Å²) in [4.78, 5) is 16.5. The van der Waals surface area contributed by atoms with Gasteiger partial charge in [0.2, 0.25) is 5.91 Å². The Bertz CT molecular complexity index is 477. The molecule has 0 saturated carbocycles. The lowest BCUT2D eigenvalue weighted by Crippen LogP contribution is -2.36. The van der Waals surface area contributed by atoms with E-state index in [2.05, 4.69) is 34.5 Å². The fraction of sp³-hybridized carbons (Fsp3) is 0.588. The average Bonchev–Trinajstić information content (AvgIpc) is 3.21. The number of nitrogens with zero attached hydrogens (tertiary/aromatic N) is 2. The van der Waals surface area contributed by atoms with E-state index in [1.54, 1.807) is 0 Å². The van der Waals surface area contributed by atoms with E-state index < -0.39 is 0 Å². The van der Waals surface area contributed by atoms with Crippen LogP contribution in [0.15, 0.2) is 24.3 Å². The van der Waals surface area contributed by atoms with Crippen molar-refractivity contribution in [2.75, 3.05) is 37.6 Å². The smallest absolute Gasteiger partial charge is 0.236 e. The first-order chi connectivity index (χ1) is 10.3. The fourth-order valence-electron chi connectivity index (χ4n) is 3.31. The Balaban J connectivity index is 1.54. The minimum absolute atomic E-state index is 0.242. The monoisotopic (exact) mass is 287 g/mol. The van der Waals surface area contributed by atoms with Crippen molar-refractivity contribution in [1.82, 2.24) is 10.2 Å². The largest absolute Gasteiger partial charge is 0.371 e. The molecule has 2 fully saturated rings. The number of nitrogens with one attached hydrogen (secondary N) is 1. The molecule has 1 amide bonds. The van der Waals surface area contributed by atoms with Crippen molar-refractivity contribution in [3.05, 3.63) is 29.8 Å². The molecule has 4 heteroatoms. The quantitative estimate of drug-likeness (QED) is 0.900. The van der Waals surface area contributed by atoms with Gasteiger partial charge in [0, 0.05) is 38.4 Å². The molecule has 2 heterocycles. The Labute approximate surface area is 127 Å². The zero-order valence-corrected chi connectivity index (χ0v) is 12.7. The van der Waals surface area contributed by atoms with Crippen LogP contribution in [0, 0.1) is 0 Å². The van der Waals surface area contributed by atoms with Gasteiger partial charge in [-0.15, -0.1) is 0 Å². The molecule has 114 valence electrons. The first-order valence-corrected chi connectivity index (χ1v) is 8.16. The molecule has 2 saturated heterocycles. The third kappa shape index (κ3) is 3.56. The highest BCUT2D eigenvalue weighted by molar-refractivity contribution is 5.78. The van der Waals surface area contributed by atoms with Crippen molar-refractivity contribution in [1.29, 1.82) is 0 Å². The summed E-state index contributed by atoms with van der Waals surface area (Å²) in [5, 5.41) is 3.32. The Hall–Kier alpha value is -1.55. The highest BCUT2D eigenvalue weighted by Crippen LogP contribution is 2.24. The molecule has 1 N–H and O–H groups in total. The highest BCUT2D eigenvalue weighted by atomic mass is 16.2. The van der Waals surface area contributed by atoms with E-state index in [0.717, 1.165) is 45.6 Å². The molecule has 0 spiro atoms. The van der Waals surface area contributed by atoms with Crippen LogP contribution < -0.4 is 10.2 Å². The first kappa shape index (κ1) is 14.4. The van der Waals surface area contributed by atoms with Gasteiger partial charge in [0.25, 0.3) is 0 Å². The zero-order valence-electron chi connectivity index (χ0n) is 12.7. The normalized spacial score (nSPS) is 18.5. The van der Waals surface area contributed by atoms with Gasteiger partial charge in [-0.1, -0.05) is 18.2 Å². The van der Waals surface area contributed by atoms with Gasteiger partial charge in [-0.05, 0) is 37.3 Å². The minimum Gasteiger partial charge on any atom is -0.371 e. The van der Waals surface area contributed by atoms with Crippen LogP contribution in [0.4, 0.5) is 5.69 Å². The van der Waals surface area contributed by atoms with Crippen molar-refractivity contribution in [2.45, 2.75) is 32.2 Å². The number of carbonyl (C=O) groups is 1. The molecule has 2 aliphatic heterocycles. The molecule has 21 heavy (non-hydrogen) atoms. The lowest BCUT2D eigenvalue weighted by atomic mass is 10.1. The number of anilines is 1. The summed E-state index contributed by atoms with van der Waals surface area (Å²) in [5.74, 6) is 0.242. The molecule has 0 aromatic heterocycles. The van der Waals surface area contributed by atoms with Crippen LogP contribution in [-0.2, 0) is 11.3 Å². The lowest BCUT2D eigenvalue weighted by molar-refractivity contribution is -0.129. The summed E-state index contributed by atoms with van der Waals surface area (Å²) in [5.41, 5.74) is 2.63. The van der Waals surface area contributed by atoms with E-state index in [4.69, 9.17) is 0 Å². The van der Waals surface area contributed by atoms with Crippen LogP contribution in [0.5, 0.6) is 0 Å². The van der Waals surface area contributed by atoms with Crippen LogP contribution in [0.3, 0.4) is 0 Å². The lowest BCUT2D eigenvalue weighted by Gasteiger charge is -2.22. The number of hydrogen-bond donors (Lipinski definition) is 1. The third-order valence-corrected chi connectivity index (χ3v) is 4.49. The van der Waals surface area contributed by atoms with Crippen LogP contribution in [0.1, 0.15) is 31.2 Å². The summed E-state index contributed by atoms with van der Waals surface area (Å²) in [6.07, 6.45) is 4.89. The minimum atomic E-state index is 0.242. The van der Waals surface area contributed by atoms with Gasteiger partial charge in [0.15, 0.2) is 0 Å². The number of benzene rings is 1. The second-order valence-corrected chi connectivity index (χ2v) is 6.01. The van der Waals surface area contributed by atoms with Gasteiger partial charge < -0.3 is 15.1 Å². The van der Waals surface area contributed by atoms with E-state index in [1.807, 2.05) is 4.90 Å². The van der Waals surface area contributed by atoms with Crippen molar-refractivity contribution in [2.24, 2.45) is 0 Å². The number of amides is 1. The van der Waals surface area contributed by atoms with Gasteiger partial charge in [-0.3, -0.25) is 4.79 Å². The molecular formula is C17H25N3O. The highest BCUT2D eigenvalue weighted by Gasteiger charge is 2.18. The Morgan fingerprint density at radius 3 is 2.43 bits per heavy atom. The maximum absolute atomic E-state index is 12.0. The summed E-state index contributed by atoms with van der Waals surface area (Å²) in [7, 11) is 0. The molecule has 0 radical (unpaired) electrons. The molecule has 4 nitrogen and oxygen atoms in total. The van der Waals surface area contributed by atoms with Gasteiger partial charge >= 0.3 is 0 Å². The van der Waals surface area contributed by atoms with Crippen molar-refractivity contribution >= 4 is 11.6 Å². The van der Waals surface area contributed by atoms with E-state index >= 15 is 0 Å². The second-order valence-electron chi connectivity index (χ2n) is 6.01. The van der Waals surface area contributed by atoms with Crippen LogP contribution in [-0.4, -0.2) is 43.5 Å². The Morgan fingerprint density at radius 2 is 1.67 bits per heavy atom. The maximum Gasteiger partial charge on any atom is 0.236 e. The maximum atomic E-state index is 12.0. The van der Waals surface area contributed by atoms with E-state index in [-0.39, 0.29) is 5.91 Å². The number of likely N-dealkylation sites (tertiary alicyclic amines) is 1. The number of rotatable bonds is 5. The second kappa shape index (κ2) is 6.94. The summed E-state index contributed by atoms with van der Waals surface area (Å²) in [6, 6.07) is 8.55. The summed E-state index contributed by atoms with van der Waals surface area (Å²) in [6.45, 7) is 5.41. The topological polar surface area (TPSA) is 35.6 Å². The van der Waals surface area contributed by atoms with Crippen LogP contribution in [0.25, 0.3) is 0 Å². The molecule has 0 bridgehead atoms. The van der Waals surface area contributed by atoms with E-state index in [0.29, 0.717) is 6.54 Å². The molecule has 0 aliphatic carbocycles. The standard InChI is InChI=1S/C17H25N3O/c21-17(20-11-5-6-12-20)14-18-13-15-7-1-2-8-16(15)19-9-3-4-10-19/h1-2,7-8,18H,3-6,9-14H2. The SMILES string of the molecule is O=C(CNCc1ccccc1N1CCCC1)N1CCCC1. The van der Waals surface area contributed by atoms with Gasteiger partial charge in [-0.2, -0.15) is 0 Å². The molecule has 3 rings (SSSR count). The number of carbonyl (C=O) groups excluding carboxylic acids is 1. The van der Waals surface area contributed by atoms with Crippen molar-refractivity contribution in [3.63, 3.8) is 0 Å². The van der Waals surface area contributed by atoms with Crippen molar-refractivity contribution < 1.29 is 4.79 Å². The molecular weight excluding hydrogens is 262 g/mol. The number of para-hydroxylation sites is 1. The predicted octanol–water partition coefficient (Wildman–Crippen LogP) is 2.00. The molecule has 1 aromatic rings. The molecule has 0 atom stereocenters. The average molecular weight is 287 g/mol. The Kier molecular flexibility index (Phi) is 4.76. The van der Waals surface area contributed by atoms with Gasteiger partial charge in [-0.25, -0.2) is 0 Å². The van der Waals surface area contributed by atoms with Gasteiger partial charge in [0.1, 0.15) is 0 Å². The molecule has 2 aliphatic rings. The van der Waals surface area contributed by atoms with Crippen LogP contribution >= 0.6 is 0 Å². The zero-order chi connectivity index (χ0) is 14.5. The summed E-state index contributed by atoms with van der Waals surface area (Å²) >= 11 is 0. The first-order valence-electron chi connectivity index (χ1n) is 8.16. The van der Waals surface area contributed by atoms with Crippen LogP contribution in [0.2, 0.25) is 0 Å². The molecule has 0 unspecified atom stereocenters. The Morgan fingerprint density at radius 1 is 1.00 bits per heavy atom. The van der Waals surface area contributed by atoms with E-state index in [1.165, 1.54) is 24.1 Å². The summed E-state index contributed by atoms with van der Waals surface area (Å²) < 4.78 is 0. The van der Waals surface area contributed by atoms with E-state index in [9.17, 15) is 4.79 Å². The fourth-order valence-corrected chi connectivity index (χ4v) is 3.31. The number of hydrogen-bond acceptors (Lipinski definition) is 3. The predicted molar refractivity (Wildman–Crippen MR) is 85.4 cm³/mol. The molecule has 1 aromatic carbocycles. The van der Waals surface area contributed by atoms with Crippen molar-refractivity contribution in [3.8, 4) is 0 Å². The third-order valence-electron chi connectivity index (χ3n) is 4.49.